The maximum absolute atomic E-state index is 14.7. The quantitative estimate of drug-likeness (QED) is 0.880. The van der Waals surface area contributed by atoms with E-state index in [9.17, 15) is 13.4 Å². The van der Waals surface area contributed by atoms with Crippen LogP contribution in [0.15, 0.2) is 54.7 Å². The summed E-state index contributed by atoms with van der Waals surface area (Å²) in [5.41, 5.74) is 2.16. The zero-order valence-electron chi connectivity index (χ0n) is 12.7. The van der Waals surface area contributed by atoms with Gasteiger partial charge in [-0.3, -0.25) is 4.79 Å². The van der Waals surface area contributed by atoms with Crippen LogP contribution in [0, 0.1) is 0 Å². The van der Waals surface area contributed by atoms with E-state index in [1.165, 1.54) is 12.4 Å². The number of nitrogens with zero attached hydrogens (tertiary/aromatic N) is 2. The molecule has 0 fully saturated rings. The normalized spacial score (nSPS) is 23.5. The van der Waals surface area contributed by atoms with E-state index >= 15 is 0 Å². The standard InChI is InChI=1S/C17H15BF2N2O2/c19-18(20)21-9-1-3-14(21)17(15-4-2-10-22(15)18)13-7-5-12(6-8-13)11-16(23)24/h1-10,14,17H,11H2,(H,23,24). The van der Waals surface area contributed by atoms with Crippen molar-refractivity contribution in [2.75, 3.05) is 0 Å². The largest absolute Gasteiger partial charge is 0.731 e. The van der Waals surface area contributed by atoms with Crippen LogP contribution in [0.4, 0.5) is 8.63 Å². The van der Waals surface area contributed by atoms with Crippen LogP contribution in [-0.2, 0) is 11.2 Å². The van der Waals surface area contributed by atoms with Gasteiger partial charge in [0.1, 0.15) is 12.3 Å². The van der Waals surface area contributed by atoms with Gasteiger partial charge in [0.2, 0.25) is 0 Å². The summed E-state index contributed by atoms with van der Waals surface area (Å²) < 4.78 is 31.6. The van der Waals surface area contributed by atoms with E-state index in [0.29, 0.717) is 11.3 Å². The second kappa shape index (κ2) is 5.16. The van der Waals surface area contributed by atoms with Crippen LogP contribution in [0.2, 0.25) is 0 Å². The molecule has 1 aromatic heterocycles. The van der Waals surface area contributed by atoms with Gasteiger partial charge in [0.25, 0.3) is 0 Å². The van der Waals surface area contributed by atoms with Gasteiger partial charge in [-0.2, -0.15) is 0 Å². The molecule has 0 saturated heterocycles. The molecule has 2 aliphatic rings. The van der Waals surface area contributed by atoms with Crippen LogP contribution in [0.1, 0.15) is 22.7 Å². The summed E-state index contributed by atoms with van der Waals surface area (Å²) in [5.74, 6) is -1.12. The van der Waals surface area contributed by atoms with Crippen molar-refractivity contribution in [2.45, 2.75) is 18.4 Å². The van der Waals surface area contributed by atoms with E-state index in [2.05, 4.69) is 0 Å². The molecule has 0 saturated carbocycles. The van der Waals surface area contributed by atoms with Gasteiger partial charge in [-0.05, 0) is 41.6 Å². The Morgan fingerprint density at radius 2 is 2.00 bits per heavy atom. The fraction of sp³-hybridized carbons (Fsp3) is 0.176. The molecule has 2 aromatic rings. The summed E-state index contributed by atoms with van der Waals surface area (Å²) in [4.78, 5) is 10.8. The summed E-state index contributed by atoms with van der Waals surface area (Å²) in [5, 5.41) is 8.86. The molecule has 7 heteroatoms. The first-order valence-electron chi connectivity index (χ1n) is 7.77. The molecule has 2 atom stereocenters. The van der Waals surface area contributed by atoms with Crippen LogP contribution in [0.25, 0.3) is 0 Å². The fourth-order valence-corrected chi connectivity index (χ4v) is 3.71. The molecule has 2 aliphatic heterocycles. The lowest BCUT2D eigenvalue weighted by molar-refractivity contribution is -0.455. The molecule has 0 radical (unpaired) electrons. The van der Waals surface area contributed by atoms with E-state index in [4.69, 9.17) is 5.11 Å². The van der Waals surface area contributed by atoms with Crippen molar-refractivity contribution in [2.24, 2.45) is 0 Å². The lowest BCUT2D eigenvalue weighted by Gasteiger charge is -2.38. The molecule has 2 unspecified atom stereocenters. The van der Waals surface area contributed by atoms with Gasteiger partial charge in [-0.15, -0.1) is 0 Å². The first kappa shape index (κ1) is 14.9. The Bertz CT molecular complexity index is 871. The molecule has 122 valence electrons. The van der Waals surface area contributed by atoms with Gasteiger partial charge in [0, 0.05) is 5.69 Å². The fourth-order valence-electron chi connectivity index (χ4n) is 3.71. The van der Waals surface area contributed by atoms with Gasteiger partial charge in [-0.1, -0.05) is 24.3 Å². The highest BCUT2D eigenvalue weighted by Crippen LogP contribution is 2.39. The van der Waals surface area contributed by atoms with Gasteiger partial charge >= 0.3 is 12.9 Å². The highest BCUT2D eigenvalue weighted by Gasteiger charge is 2.55. The number of allylic oxidation sites excluding steroid dienone is 1. The van der Waals surface area contributed by atoms with Crippen molar-refractivity contribution in [3.63, 3.8) is 0 Å². The third-order valence-corrected chi connectivity index (χ3v) is 4.77. The molecule has 0 aliphatic carbocycles. The average Bonchev–Trinajstić information content (AvgIpc) is 3.18. The number of fused-ring (bicyclic) bond motifs is 2. The topological polar surface area (TPSA) is 45.2 Å². The Morgan fingerprint density at radius 1 is 1.25 bits per heavy atom. The predicted molar refractivity (Wildman–Crippen MR) is 86.7 cm³/mol. The Balaban J connectivity index is 1.79. The maximum atomic E-state index is 14.7. The molecule has 1 aromatic carbocycles. The van der Waals surface area contributed by atoms with Crippen LogP contribution in [0.3, 0.4) is 0 Å². The minimum absolute atomic E-state index is 0.0499. The van der Waals surface area contributed by atoms with E-state index < -0.39 is 19.0 Å². The van der Waals surface area contributed by atoms with Crippen molar-refractivity contribution >= 4 is 19.2 Å². The first-order valence-corrected chi connectivity index (χ1v) is 7.77. The van der Waals surface area contributed by atoms with E-state index in [0.717, 1.165) is 14.5 Å². The number of benzene rings is 1. The van der Waals surface area contributed by atoms with E-state index in [-0.39, 0.29) is 12.3 Å². The SMILES string of the molecule is O=C(O)Cc1ccc(C2c3cccn3[B-](F)(F)[N+]3=CC=CC23)cc1. The van der Waals surface area contributed by atoms with Crippen molar-refractivity contribution in [1.82, 2.24) is 4.48 Å². The van der Waals surface area contributed by atoms with Crippen molar-refractivity contribution in [3.8, 4) is 0 Å². The van der Waals surface area contributed by atoms with Crippen LogP contribution >= 0.6 is 0 Å². The number of carboxylic acids is 1. The molecule has 4 nitrogen and oxygen atoms in total. The highest BCUT2D eigenvalue weighted by molar-refractivity contribution is 6.56. The predicted octanol–water partition coefficient (Wildman–Crippen LogP) is 2.51. The van der Waals surface area contributed by atoms with E-state index in [1.54, 1.807) is 36.4 Å². The molecule has 0 amide bonds. The molecule has 4 rings (SSSR count). The number of halogens is 2. The Kier molecular flexibility index (Phi) is 3.20. The van der Waals surface area contributed by atoms with Gasteiger partial charge in [0.05, 0.1) is 12.3 Å². The summed E-state index contributed by atoms with van der Waals surface area (Å²) >= 11 is 0. The minimum atomic E-state index is -3.84. The highest BCUT2D eigenvalue weighted by atomic mass is 19.2. The van der Waals surface area contributed by atoms with Crippen LogP contribution in [-0.4, -0.2) is 39.3 Å². The number of aliphatic carboxylic acids is 1. The number of rotatable bonds is 3. The number of hydrogen-bond acceptors (Lipinski definition) is 1. The zero-order chi connectivity index (χ0) is 16.9. The summed E-state index contributed by atoms with van der Waals surface area (Å²) in [7, 11) is 0. The van der Waals surface area contributed by atoms with Crippen LogP contribution in [0.5, 0.6) is 0 Å². The number of carboxylic acid groups (broad SMARTS) is 1. The Morgan fingerprint density at radius 3 is 2.71 bits per heavy atom. The monoisotopic (exact) mass is 328 g/mol. The Hall–Kier alpha value is -2.70. The molecular formula is C17H15BF2N2O2. The minimum Gasteiger partial charge on any atom is -0.481 e. The molecular weight excluding hydrogens is 313 g/mol. The second-order valence-electron chi connectivity index (χ2n) is 6.19. The number of hydrogen-bond donors (Lipinski definition) is 1. The summed E-state index contributed by atoms with van der Waals surface area (Å²) in [6.07, 6.45) is 6.27. The van der Waals surface area contributed by atoms with Crippen molar-refractivity contribution in [3.05, 3.63) is 71.6 Å². The van der Waals surface area contributed by atoms with Crippen molar-refractivity contribution in [1.29, 1.82) is 0 Å². The van der Waals surface area contributed by atoms with Gasteiger partial charge in [0.15, 0.2) is 0 Å². The van der Waals surface area contributed by atoms with E-state index in [1.807, 2.05) is 12.1 Å². The average molecular weight is 328 g/mol. The summed E-state index contributed by atoms with van der Waals surface area (Å²) in [6.45, 7) is -3.84. The van der Waals surface area contributed by atoms with Gasteiger partial charge in [-0.25, -0.2) is 0 Å². The maximum Gasteiger partial charge on any atom is 0.731 e. The molecule has 0 bridgehead atoms. The molecule has 0 spiro atoms. The number of aromatic nitrogens is 1. The number of carbonyl (C=O) groups is 1. The molecule has 1 N–H and O–H groups in total. The third kappa shape index (κ3) is 2.11. The third-order valence-electron chi connectivity index (χ3n) is 4.77. The lowest BCUT2D eigenvalue weighted by atomic mass is 9.78. The zero-order valence-corrected chi connectivity index (χ0v) is 12.7. The first-order chi connectivity index (χ1) is 11.5. The van der Waals surface area contributed by atoms with Gasteiger partial charge < -0.3 is 22.7 Å². The molecule has 3 heterocycles. The Labute approximate surface area is 137 Å². The molecule has 24 heavy (non-hydrogen) atoms. The lowest BCUT2D eigenvalue weighted by Crippen LogP contribution is -2.56. The smallest absolute Gasteiger partial charge is 0.481 e. The second-order valence-corrected chi connectivity index (χ2v) is 6.19. The van der Waals surface area contributed by atoms with Crippen LogP contribution < -0.4 is 0 Å². The summed E-state index contributed by atoms with van der Waals surface area (Å²) in [6, 6.07) is 10.1. The van der Waals surface area contributed by atoms with Crippen molar-refractivity contribution < 1.29 is 23.0 Å².